The van der Waals surface area contributed by atoms with Gasteiger partial charge in [0.2, 0.25) is 0 Å². The Bertz CT molecular complexity index is 62.0. The number of hydrogen-bond donors (Lipinski definition) is 0. The van der Waals surface area contributed by atoms with E-state index in [0.717, 1.165) is 0 Å². The molecule has 0 aromatic heterocycles. The molecule has 0 spiro atoms. The molecule has 0 unspecified atom stereocenters. The quantitative estimate of drug-likeness (QED) is 0.453. The van der Waals surface area contributed by atoms with Gasteiger partial charge in [-0.3, -0.25) is 0 Å². The Labute approximate surface area is 133 Å². The topological polar surface area (TPSA) is 0 Å². The fourth-order valence-electron chi connectivity index (χ4n) is 0. The van der Waals surface area contributed by atoms with Crippen LogP contribution >= 0.6 is 31.7 Å². The summed E-state index contributed by atoms with van der Waals surface area (Å²) in [6.07, 6.45) is 0. The molecule has 0 heterocycles. The Morgan fingerprint density at radius 2 is 0.333 bits per heavy atom. The van der Waals surface area contributed by atoms with E-state index in [0.29, 0.717) is 31.7 Å². The summed E-state index contributed by atoms with van der Waals surface area (Å²) in [5.74, 6) is 1.69. The van der Waals surface area contributed by atoms with Crippen molar-refractivity contribution in [1.29, 1.82) is 0 Å². The van der Waals surface area contributed by atoms with E-state index in [1.807, 2.05) is 0 Å². The zero-order chi connectivity index (χ0) is 16.3. The van der Waals surface area contributed by atoms with Gasteiger partial charge in [-0.25, -0.2) is 0 Å². The van der Waals surface area contributed by atoms with Gasteiger partial charge in [-0.05, 0) is 80.0 Å². The van der Waals surface area contributed by atoms with Crippen LogP contribution in [0.3, 0.4) is 0 Å². The van der Waals surface area contributed by atoms with Crippen molar-refractivity contribution in [3.8, 4) is 0 Å². The molecule has 0 fully saturated rings. The first-order chi connectivity index (χ1) is 7.93. The Morgan fingerprint density at radius 3 is 0.333 bits per heavy atom. The fourth-order valence-corrected chi connectivity index (χ4v) is 0. The van der Waals surface area contributed by atoms with Crippen LogP contribution in [0.2, 0.25) is 5.86 Å². The molecule has 0 amide bonds. The van der Waals surface area contributed by atoms with Crippen LogP contribution in [0.25, 0.3) is 0 Å². The van der Waals surface area contributed by atoms with Gasteiger partial charge in [0.1, 0.15) is 0 Å². The van der Waals surface area contributed by atoms with Crippen LogP contribution in [-0.2, 0) is 15.7 Å². The predicted octanol–water partition coefficient (Wildman–Crippen LogP) is 6.01. The van der Waals surface area contributed by atoms with Crippen LogP contribution in [-0.4, -0.2) is 80.0 Å². The number of rotatable bonds is 0. The van der Waals surface area contributed by atoms with E-state index in [-0.39, 0.29) is 0 Å². The van der Waals surface area contributed by atoms with E-state index < -0.39 is 0 Å². The predicted molar refractivity (Wildman–Crippen MR) is 105 cm³/mol. The molecule has 18 heavy (non-hydrogen) atoms. The molecule has 0 aliphatic rings. The van der Waals surface area contributed by atoms with Crippen LogP contribution in [0.5, 0.6) is 0 Å². The van der Waals surface area contributed by atoms with E-state index in [4.69, 9.17) is 0 Å². The van der Waals surface area contributed by atoms with Crippen LogP contribution in [0.15, 0.2) is 0 Å². The molecule has 0 radical (unpaired) electrons. The van der Waals surface area contributed by atoms with Gasteiger partial charge in [-0.15, -0.1) is 31.7 Å². The second-order valence-electron chi connectivity index (χ2n) is 5.37. The van der Waals surface area contributed by atoms with Crippen molar-refractivity contribution in [1.82, 2.24) is 0 Å². The van der Waals surface area contributed by atoms with E-state index in [1.165, 1.54) is 0 Å². The average molecular weight is 378 g/mol. The molecule has 0 saturated heterocycles. The molecule has 0 aromatic rings. The third-order valence-corrected chi connectivity index (χ3v) is 0. The minimum absolute atomic E-state index is 0.380. The van der Waals surface area contributed by atoms with Gasteiger partial charge in [0, 0.05) is 0 Å². The molecule has 5 heteroatoms. The first-order valence-corrected chi connectivity index (χ1v) is 17.5. The Balaban J connectivity index is -0.0000000399. The van der Waals surface area contributed by atoms with Crippen molar-refractivity contribution in [2.45, 2.75) is 5.86 Å². The van der Waals surface area contributed by atoms with Gasteiger partial charge in [0.05, 0.1) is 0 Å². The van der Waals surface area contributed by atoms with E-state index in [2.05, 4.69) is 95.7 Å². The fraction of sp³-hybridized carbons (Fsp3) is 1.00. The van der Waals surface area contributed by atoms with Gasteiger partial charge < -0.3 is 0 Å². The molecular formula is C13H39CoP4. The Hall–Kier alpha value is 2.23. The molecule has 120 valence electrons. The maximum absolute atomic E-state index is 3.56. The second-order valence-corrected chi connectivity index (χ2v) is 16.1. The zero-order valence-electron chi connectivity index (χ0n) is 15.1. The molecule has 0 aromatic carbocycles. The molecule has 0 saturated carbocycles. The summed E-state index contributed by atoms with van der Waals surface area (Å²) in [6, 6.07) is 0. The Kier molecular flexibility index (Phi) is 56.5. The van der Waals surface area contributed by atoms with Gasteiger partial charge in [-0.2, -0.15) is 0 Å². The molecule has 0 atom stereocenters. The minimum atomic E-state index is 0.380. The second kappa shape index (κ2) is 31.6. The number of hydrogen-bond acceptors (Lipinski definition) is 0. The molecule has 0 N–H and O–H groups in total. The summed E-state index contributed by atoms with van der Waals surface area (Å²) in [5.41, 5.74) is 0. The summed E-state index contributed by atoms with van der Waals surface area (Å²) < 4.78 is 0. The molecule has 0 rings (SSSR count). The maximum atomic E-state index is 3.56. The van der Waals surface area contributed by atoms with Crippen molar-refractivity contribution < 1.29 is 15.7 Å². The summed E-state index contributed by atoms with van der Waals surface area (Å²) >= 11 is 3.56. The zero-order valence-corrected chi connectivity index (χ0v) is 19.7. The van der Waals surface area contributed by atoms with Crippen molar-refractivity contribution >= 4 is 31.7 Å². The van der Waals surface area contributed by atoms with Crippen molar-refractivity contribution in [2.24, 2.45) is 0 Å². The third-order valence-electron chi connectivity index (χ3n) is 0. The standard InChI is InChI=1S/4C3H9P.CH3.Co/c4*1-4(2)3;;/h4*1-3H3;1H3;. The van der Waals surface area contributed by atoms with E-state index >= 15 is 0 Å². The third kappa shape index (κ3) is 1090. The summed E-state index contributed by atoms with van der Waals surface area (Å²) in [5, 5.41) is 0. The average Bonchev–Trinajstić information content (AvgIpc) is 2.01. The van der Waals surface area contributed by atoms with E-state index in [1.54, 1.807) is 5.86 Å². The summed E-state index contributed by atoms with van der Waals surface area (Å²) in [7, 11) is 1.52. The monoisotopic (exact) mass is 378 g/mol. The van der Waals surface area contributed by atoms with Gasteiger partial charge >= 0.3 is 21.6 Å². The normalized spacial score (nSPS) is 8.39. The van der Waals surface area contributed by atoms with Gasteiger partial charge in [0.25, 0.3) is 0 Å². The molecular weight excluding hydrogens is 339 g/mol. The SMILES string of the molecule is CP(C)C.CP(C)C.CP(C)C.CP(C)C.[CH3][Co]. The molecule has 0 nitrogen and oxygen atoms in total. The van der Waals surface area contributed by atoms with Crippen LogP contribution in [0, 0.1) is 0 Å². The van der Waals surface area contributed by atoms with Gasteiger partial charge in [0.15, 0.2) is 0 Å². The van der Waals surface area contributed by atoms with Crippen molar-refractivity contribution in [3.63, 3.8) is 0 Å². The van der Waals surface area contributed by atoms with Crippen molar-refractivity contribution in [2.75, 3.05) is 80.0 Å². The first kappa shape index (κ1) is 32.2. The van der Waals surface area contributed by atoms with Crippen LogP contribution in [0.1, 0.15) is 0 Å². The van der Waals surface area contributed by atoms with Crippen LogP contribution in [0.4, 0.5) is 0 Å². The molecule has 0 bridgehead atoms. The Morgan fingerprint density at radius 1 is 0.333 bits per heavy atom. The summed E-state index contributed by atoms with van der Waals surface area (Å²) in [4.78, 5) is 0. The molecule has 0 aliphatic carbocycles. The van der Waals surface area contributed by atoms with E-state index in [9.17, 15) is 0 Å². The van der Waals surface area contributed by atoms with Crippen LogP contribution < -0.4 is 0 Å². The van der Waals surface area contributed by atoms with Gasteiger partial charge in [-0.1, -0.05) is 0 Å². The summed E-state index contributed by atoms with van der Waals surface area (Å²) in [6.45, 7) is 26.8. The molecule has 0 aliphatic heterocycles. The van der Waals surface area contributed by atoms with Crippen molar-refractivity contribution in [3.05, 3.63) is 0 Å². The first-order valence-electron chi connectivity index (χ1n) is 5.70.